The van der Waals surface area contributed by atoms with Gasteiger partial charge >= 0.3 is 6.09 Å². The number of ether oxygens (including phenoxy) is 1. The van der Waals surface area contributed by atoms with Crippen LogP contribution in [0.4, 0.5) is 23.7 Å². The SMILES string of the molecule is CCOC(=O)N1CC2(CC(=O)N(c3cnn4c3CN(C(=O)Cc3cc(F)c(F)c(F)c3)[C@@H](C)C4)C2)C1. The fraction of sp³-hybridized carbons (Fsp3) is 0.500. The van der Waals surface area contributed by atoms with Gasteiger partial charge in [-0.3, -0.25) is 14.3 Å². The maximum atomic E-state index is 13.6. The summed E-state index contributed by atoms with van der Waals surface area (Å²) >= 11 is 0. The van der Waals surface area contributed by atoms with E-state index >= 15 is 0 Å². The molecule has 0 unspecified atom stereocenters. The average Bonchev–Trinajstić information content (AvgIpc) is 3.36. The highest BCUT2D eigenvalue weighted by molar-refractivity contribution is 5.97. The third kappa shape index (κ3) is 4.07. The molecule has 36 heavy (non-hydrogen) atoms. The molecule has 0 saturated carbocycles. The molecule has 1 atom stereocenters. The number of carbonyl (C=O) groups excluding carboxylic acids is 3. The van der Waals surface area contributed by atoms with Gasteiger partial charge in [-0.1, -0.05) is 0 Å². The van der Waals surface area contributed by atoms with E-state index in [1.807, 2.05) is 6.92 Å². The van der Waals surface area contributed by atoms with Crippen LogP contribution in [-0.4, -0.2) is 69.8 Å². The Morgan fingerprint density at radius 3 is 2.53 bits per heavy atom. The number of nitrogens with zero attached hydrogens (tertiary/aromatic N) is 5. The molecule has 0 aliphatic carbocycles. The van der Waals surface area contributed by atoms with Crippen molar-refractivity contribution >= 4 is 23.6 Å². The van der Waals surface area contributed by atoms with Gasteiger partial charge in [-0.25, -0.2) is 18.0 Å². The second kappa shape index (κ2) is 8.82. The summed E-state index contributed by atoms with van der Waals surface area (Å²) in [7, 11) is 0. The number of hydrogen-bond acceptors (Lipinski definition) is 5. The normalized spacial score (nSPS) is 20.5. The van der Waals surface area contributed by atoms with Gasteiger partial charge in [-0.15, -0.1) is 0 Å². The number of rotatable bonds is 4. The molecule has 3 amide bonds. The van der Waals surface area contributed by atoms with E-state index in [-0.39, 0.29) is 54.5 Å². The highest BCUT2D eigenvalue weighted by Crippen LogP contribution is 2.43. The standard InChI is InChI=1S/C24H26F3N5O4/c1-3-36-23(35)29-11-24(12-29)7-21(34)31(13-24)18-8-28-32-9-14(2)30(10-19(18)32)20(33)6-15-4-16(25)22(27)17(26)5-15/h4-5,8,14H,3,6-7,9-13H2,1-2H3/t14-/m0/s1. The van der Waals surface area contributed by atoms with Crippen molar-refractivity contribution < 1.29 is 32.3 Å². The number of halogens is 3. The van der Waals surface area contributed by atoms with Crippen molar-refractivity contribution in [2.24, 2.45) is 5.41 Å². The first-order valence-corrected chi connectivity index (χ1v) is 11.8. The molecule has 3 aliphatic rings. The molecule has 0 bridgehead atoms. The summed E-state index contributed by atoms with van der Waals surface area (Å²) < 4.78 is 47.3. The molecule has 2 saturated heterocycles. The van der Waals surface area contributed by atoms with Crippen molar-refractivity contribution in [1.29, 1.82) is 0 Å². The topological polar surface area (TPSA) is 88.0 Å². The molecule has 2 fully saturated rings. The lowest BCUT2D eigenvalue weighted by Crippen LogP contribution is -2.59. The fourth-order valence-electron chi connectivity index (χ4n) is 5.37. The molecule has 0 radical (unpaired) electrons. The summed E-state index contributed by atoms with van der Waals surface area (Å²) in [5.41, 5.74) is 0.989. The number of likely N-dealkylation sites (tertiary alicyclic amines) is 1. The molecule has 2 aromatic rings. The quantitative estimate of drug-likeness (QED) is 0.596. The first kappa shape index (κ1) is 24.1. The van der Waals surface area contributed by atoms with Crippen molar-refractivity contribution in [1.82, 2.24) is 19.6 Å². The van der Waals surface area contributed by atoms with Crippen LogP contribution in [0.5, 0.6) is 0 Å². The molecule has 9 nitrogen and oxygen atoms in total. The summed E-state index contributed by atoms with van der Waals surface area (Å²) in [4.78, 5) is 42.8. The van der Waals surface area contributed by atoms with Gasteiger partial charge in [0.1, 0.15) is 0 Å². The van der Waals surface area contributed by atoms with Crippen molar-refractivity contribution in [2.45, 2.75) is 45.8 Å². The zero-order chi connectivity index (χ0) is 25.8. The molecule has 1 aromatic heterocycles. The molecule has 1 aromatic carbocycles. The number of anilines is 1. The number of aromatic nitrogens is 2. The van der Waals surface area contributed by atoms with Gasteiger partial charge in [0.15, 0.2) is 17.5 Å². The Morgan fingerprint density at radius 1 is 1.17 bits per heavy atom. The summed E-state index contributed by atoms with van der Waals surface area (Å²) in [6.45, 7) is 5.70. The van der Waals surface area contributed by atoms with Crippen LogP contribution < -0.4 is 4.90 Å². The Balaban J connectivity index is 1.31. The Kier molecular flexibility index (Phi) is 5.92. The van der Waals surface area contributed by atoms with E-state index in [0.717, 1.165) is 12.1 Å². The van der Waals surface area contributed by atoms with Gasteiger partial charge in [0.25, 0.3) is 0 Å². The van der Waals surface area contributed by atoms with Crippen LogP contribution >= 0.6 is 0 Å². The molecular formula is C24H26F3N5O4. The molecule has 192 valence electrons. The Morgan fingerprint density at radius 2 is 1.86 bits per heavy atom. The second-order valence-electron chi connectivity index (χ2n) is 9.79. The van der Waals surface area contributed by atoms with Crippen LogP contribution in [0, 0.1) is 22.9 Å². The maximum Gasteiger partial charge on any atom is 0.409 e. The van der Waals surface area contributed by atoms with Crippen molar-refractivity contribution in [2.75, 3.05) is 31.1 Å². The second-order valence-corrected chi connectivity index (χ2v) is 9.79. The summed E-state index contributed by atoms with van der Waals surface area (Å²) in [6, 6.07) is 1.39. The van der Waals surface area contributed by atoms with E-state index in [9.17, 15) is 27.6 Å². The van der Waals surface area contributed by atoms with Gasteiger partial charge in [0.05, 0.1) is 43.7 Å². The Labute approximate surface area is 205 Å². The monoisotopic (exact) mass is 505 g/mol. The molecule has 12 heteroatoms. The van der Waals surface area contributed by atoms with Gasteiger partial charge in [0.2, 0.25) is 11.8 Å². The number of fused-ring (bicyclic) bond motifs is 1. The highest BCUT2D eigenvalue weighted by atomic mass is 19.2. The maximum absolute atomic E-state index is 13.6. The van der Waals surface area contributed by atoms with Crippen molar-refractivity contribution in [3.63, 3.8) is 0 Å². The predicted molar refractivity (Wildman–Crippen MR) is 120 cm³/mol. The number of benzene rings is 1. The van der Waals surface area contributed by atoms with Crippen LogP contribution in [-0.2, 0) is 33.8 Å². The molecule has 3 aliphatic heterocycles. The zero-order valence-corrected chi connectivity index (χ0v) is 20.0. The fourth-order valence-corrected chi connectivity index (χ4v) is 5.37. The van der Waals surface area contributed by atoms with E-state index in [4.69, 9.17) is 4.74 Å². The lowest BCUT2D eigenvalue weighted by molar-refractivity contribution is -0.134. The third-order valence-corrected chi connectivity index (χ3v) is 7.13. The van der Waals surface area contributed by atoms with E-state index < -0.39 is 17.5 Å². The average molecular weight is 505 g/mol. The first-order chi connectivity index (χ1) is 17.1. The molecule has 4 heterocycles. The summed E-state index contributed by atoms with van der Waals surface area (Å²) in [5.74, 6) is -4.72. The van der Waals surface area contributed by atoms with E-state index in [0.29, 0.717) is 44.0 Å². The molecule has 0 N–H and O–H groups in total. The predicted octanol–water partition coefficient (Wildman–Crippen LogP) is 2.47. The van der Waals surface area contributed by atoms with Gasteiger partial charge in [-0.2, -0.15) is 5.10 Å². The van der Waals surface area contributed by atoms with Gasteiger partial charge < -0.3 is 19.4 Å². The lowest BCUT2D eigenvalue weighted by Gasteiger charge is -2.46. The minimum atomic E-state index is -1.57. The zero-order valence-electron chi connectivity index (χ0n) is 20.0. The minimum absolute atomic E-state index is 0.0377. The number of carbonyl (C=O) groups is 3. The Bertz CT molecular complexity index is 1220. The van der Waals surface area contributed by atoms with Crippen LogP contribution in [0.15, 0.2) is 18.3 Å². The van der Waals surface area contributed by atoms with Gasteiger partial charge in [0, 0.05) is 37.5 Å². The number of hydrogen-bond donors (Lipinski definition) is 0. The largest absolute Gasteiger partial charge is 0.450 e. The van der Waals surface area contributed by atoms with Crippen LogP contribution in [0.2, 0.25) is 0 Å². The van der Waals surface area contributed by atoms with Crippen molar-refractivity contribution in [3.8, 4) is 0 Å². The van der Waals surface area contributed by atoms with Crippen LogP contribution in [0.3, 0.4) is 0 Å². The van der Waals surface area contributed by atoms with E-state index in [1.165, 1.54) is 0 Å². The van der Waals surface area contributed by atoms with Gasteiger partial charge in [-0.05, 0) is 31.5 Å². The van der Waals surface area contributed by atoms with Crippen molar-refractivity contribution in [3.05, 3.63) is 47.0 Å². The van der Waals surface area contributed by atoms with Crippen LogP contribution in [0.1, 0.15) is 31.5 Å². The lowest BCUT2D eigenvalue weighted by atomic mass is 9.79. The summed E-state index contributed by atoms with van der Waals surface area (Å²) in [6.07, 6.45) is 1.23. The minimum Gasteiger partial charge on any atom is -0.450 e. The summed E-state index contributed by atoms with van der Waals surface area (Å²) in [5, 5.41) is 4.42. The number of amides is 3. The van der Waals surface area contributed by atoms with E-state index in [1.54, 1.807) is 32.5 Å². The first-order valence-electron chi connectivity index (χ1n) is 11.8. The molecule has 5 rings (SSSR count). The third-order valence-electron chi connectivity index (χ3n) is 7.13. The Hall–Kier alpha value is -3.57. The van der Waals surface area contributed by atoms with E-state index in [2.05, 4.69) is 5.10 Å². The molecular weight excluding hydrogens is 479 g/mol. The van der Waals surface area contributed by atoms with Crippen LogP contribution in [0.25, 0.3) is 0 Å². The molecule has 1 spiro atoms. The smallest absolute Gasteiger partial charge is 0.409 e. The highest BCUT2D eigenvalue weighted by Gasteiger charge is 2.54.